The number of nitrogens with two attached hydrogens (primary N) is 1. The molecular formula is C13H10BrF2NO2S. The minimum atomic E-state index is -3.72. The lowest BCUT2D eigenvalue weighted by molar-refractivity contribution is 0.590. The Hall–Kier alpha value is -1.47. The molecule has 0 heterocycles. The van der Waals surface area contributed by atoms with Crippen molar-refractivity contribution in [1.29, 1.82) is 0 Å². The molecule has 0 atom stereocenters. The predicted molar refractivity (Wildman–Crippen MR) is 75.8 cm³/mol. The van der Waals surface area contributed by atoms with Gasteiger partial charge in [-0.1, -0.05) is 6.07 Å². The molecule has 0 saturated carbocycles. The second-order valence-corrected chi connectivity index (χ2v) is 7.03. The Morgan fingerprint density at radius 2 is 1.75 bits per heavy atom. The fourth-order valence-corrected chi connectivity index (χ4v) is 3.40. The lowest BCUT2D eigenvalue weighted by Gasteiger charge is -2.06. The molecule has 2 aromatic rings. The number of nitrogen functional groups attached to an aromatic ring is 1. The van der Waals surface area contributed by atoms with E-state index >= 15 is 0 Å². The molecule has 0 saturated heterocycles. The molecule has 20 heavy (non-hydrogen) atoms. The number of anilines is 1. The molecule has 0 aliphatic rings. The van der Waals surface area contributed by atoms with Crippen LogP contribution in [0, 0.1) is 11.6 Å². The zero-order valence-electron chi connectivity index (χ0n) is 10.1. The van der Waals surface area contributed by atoms with Crippen LogP contribution in [-0.4, -0.2) is 8.42 Å². The molecular weight excluding hydrogens is 352 g/mol. The Morgan fingerprint density at radius 1 is 1.05 bits per heavy atom. The highest BCUT2D eigenvalue weighted by molar-refractivity contribution is 9.10. The fourth-order valence-electron chi connectivity index (χ4n) is 1.63. The summed E-state index contributed by atoms with van der Waals surface area (Å²) in [6.07, 6.45) is 0. The molecule has 7 heteroatoms. The number of halogens is 3. The Morgan fingerprint density at radius 3 is 2.35 bits per heavy atom. The van der Waals surface area contributed by atoms with E-state index in [1.165, 1.54) is 30.3 Å². The van der Waals surface area contributed by atoms with Gasteiger partial charge in [0.2, 0.25) is 0 Å². The fraction of sp³-hybridized carbons (Fsp3) is 0.0769. The molecule has 0 spiro atoms. The van der Waals surface area contributed by atoms with Crippen LogP contribution in [0.4, 0.5) is 14.5 Å². The molecule has 2 rings (SSSR count). The molecule has 0 aromatic heterocycles. The van der Waals surface area contributed by atoms with E-state index in [2.05, 4.69) is 15.9 Å². The molecule has 0 unspecified atom stereocenters. The minimum Gasteiger partial charge on any atom is -0.396 e. The largest absolute Gasteiger partial charge is 0.396 e. The number of sulfone groups is 1. The van der Waals surface area contributed by atoms with Gasteiger partial charge < -0.3 is 5.73 Å². The first-order valence-corrected chi connectivity index (χ1v) is 7.96. The van der Waals surface area contributed by atoms with Crippen LogP contribution in [-0.2, 0) is 15.6 Å². The van der Waals surface area contributed by atoms with Crippen LogP contribution in [0.15, 0.2) is 45.8 Å². The Balaban J connectivity index is 2.35. The third-order valence-corrected chi connectivity index (χ3v) is 4.96. The van der Waals surface area contributed by atoms with Gasteiger partial charge in [0.05, 0.1) is 20.8 Å². The molecule has 3 nitrogen and oxygen atoms in total. The summed E-state index contributed by atoms with van der Waals surface area (Å²) in [7, 11) is -3.72. The molecule has 106 valence electrons. The van der Waals surface area contributed by atoms with Crippen molar-refractivity contribution in [3.05, 3.63) is 58.1 Å². The van der Waals surface area contributed by atoms with Gasteiger partial charge in [0, 0.05) is 0 Å². The van der Waals surface area contributed by atoms with E-state index in [9.17, 15) is 17.2 Å². The molecule has 0 bridgehead atoms. The third kappa shape index (κ3) is 3.16. The first-order valence-electron chi connectivity index (χ1n) is 5.51. The maximum atomic E-state index is 13.3. The SMILES string of the molecule is Nc1ccc(S(=O)(=O)Cc2ccc(F)c(Br)c2)cc1F. The van der Waals surface area contributed by atoms with Gasteiger partial charge in [0.25, 0.3) is 0 Å². The summed E-state index contributed by atoms with van der Waals surface area (Å²) in [5.41, 5.74) is 5.58. The summed E-state index contributed by atoms with van der Waals surface area (Å²) in [5.74, 6) is -1.62. The zero-order chi connectivity index (χ0) is 14.9. The van der Waals surface area contributed by atoms with Gasteiger partial charge in [-0.25, -0.2) is 17.2 Å². The first-order chi connectivity index (χ1) is 9.29. The monoisotopic (exact) mass is 361 g/mol. The summed E-state index contributed by atoms with van der Waals surface area (Å²) >= 11 is 2.98. The number of hydrogen-bond donors (Lipinski definition) is 1. The van der Waals surface area contributed by atoms with E-state index in [0.717, 1.165) is 6.07 Å². The highest BCUT2D eigenvalue weighted by atomic mass is 79.9. The van der Waals surface area contributed by atoms with Gasteiger partial charge in [0.15, 0.2) is 9.84 Å². The van der Waals surface area contributed by atoms with Gasteiger partial charge in [-0.3, -0.25) is 0 Å². The maximum Gasteiger partial charge on any atom is 0.182 e. The van der Waals surface area contributed by atoms with Crippen LogP contribution >= 0.6 is 15.9 Å². The second-order valence-electron chi connectivity index (χ2n) is 4.19. The standard InChI is InChI=1S/C13H10BrF2NO2S/c14-10-5-8(1-3-11(10)15)7-20(18,19)9-2-4-13(17)12(16)6-9/h1-6H,7,17H2. The minimum absolute atomic E-state index is 0.117. The van der Waals surface area contributed by atoms with Crippen molar-refractivity contribution in [2.24, 2.45) is 0 Å². The molecule has 0 aliphatic heterocycles. The van der Waals surface area contributed by atoms with Crippen LogP contribution in [0.3, 0.4) is 0 Å². The van der Waals surface area contributed by atoms with Gasteiger partial charge in [-0.15, -0.1) is 0 Å². The van der Waals surface area contributed by atoms with E-state index in [0.29, 0.717) is 5.56 Å². The second kappa shape index (κ2) is 5.49. The van der Waals surface area contributed by atoms with Crippen molar-refractivity contribution in [2.45, 2.75) is 10.6 Å². The molecule has 2 N–H and O–H groups in total. The lowest BCUT2D eigenvalue weighted by atomic mass is 10.2. The van der Waals surface area contributed by atoms with Crippen LogP contribution in [0.25, 0.3) is 0 Å². The quantitative estimate of drug-likeness (QED) is 0.853. The summed E-state index contributed by atoms with van der Waals surface area (Å²) in [6.45, 7) is 0. The highest BCUT2D eigenvalue weighted by Gasteiger charge is 2.17. The van der Waals surface area contributed by atoms with E-state index in [4.69, 9.17) is 5.73 Å². The van der Waals surface area contributed by atoms with Crippen molar-refractivity contribution in [2.75, 3.05) is 5.73 Å². The summed E-state index contributed by atoms with van der Waals surface area (Å²) in [5, 5.41) is 0. The van der Waals surface area contributed by atoms with Gasteiger partial charge in [-0.2, -0.15) is 0 Å². The van der Waals surface area contributed by atoms with Crippen molar-refractivity contribution in [3.63, 3.8) is 0 Å². The highest BCUT2D eigenvalue weighted by Crippen LogP contribution is 2.23. The van der Waals surface area contributed by atoms with Crippen molar-refractivity contribution < 1.29 is 17.2 Å². The first kappa shape index (κ1) is 14.9. The summed E-state index contributed by atoms with van der Waals surface area (Å²) in [6, 6.07) is 7.22. The van der Waals surface area contributed by atoms with E-state index in [-0.39, 0.29) is 20.8 Å². The average Bonchev–Trinajstić information content (AvgIpc) is 2.37. The van der Waals surface area contributed by atoms with Crippen LogP contribution in [0.2, 0.25) is 0 Å². The summed E-state index contributed by atoms with van der Waals surface area (Å²) in [4.78, 5) is -0.162. The molecule has 0 radical (unpaired) electrons. The molecule has 0 aliphatic carbocycles. The number of hydrogen-bond acceptors (Lipinski definition) is 3. The topological polar surface area (TPSA) is 60.2 Å². The van der Waals surface area contributed by atoms with Crippen LogP contribution in [0.5, 0.6) is 0 Å². The predicted octanol–water partition coefficient (Wildman–Crippen LogP) is 3.28. The Bertz CT molecular complexity index is 763. The third-order valence-electron chi connectivity index (χ3n) is 2.67. The van der Waals surface area contributed by atoms with Crippen molar-refractivity contribution in [1.82, 2.24) is 0 Å². The number of benzene rings is 2. The van der Waals surface area contributed by atoms with Gasteiger partial charge >= 0.3 is 0 Å². The van der Waals surface area contributed by atoms with Crippen molar-refractivity contribution >= 4 is 31.5 Å². The summed E-state index contributed by atoms with van der Waals surface area (Å²) < 4.78 is 50.9. The van der Waals surface area contributed by atoms with E-state index in [1.807, 2.05) is 0 Å². The van der Waals surface area contributed by atoms with Crippen LogP contribution < -0.4 is 5.73 Å². The van der Waals surface area contributed by atoms with Gasteiger partial charge in [-0.05, 0) is 51.8 Å². The normalized spacial score (nSPS) is 11.6. The van der Waals surface area contributed by atoms with Crippen LogP contribution in [0.1, 0.15) is 5.56 Å². The molecule has 2 aromatic carbocycles. The van der Waals surface area contributed by atoms with E-state index < -0.39 is 21.5 Å². The number of rotatable bonds is 3. The smallest absolute Gasteiger partial charge is 0.182 e. The zero-order valence-corrected chi connectivity index (χ0v) is 12.5. The van der Waals surface area contributed by atoms with E-state index in [1.54, 1.807) is 0 Å². The Kier molecular flexibility index (Phi) is 4.10. The van der Waals surface area contributed by atoms with Crippen molar-refractivity contribution in [3.8, 4) is 0 Å². The van der Waals surface area contributed by atoms with Gasteiger partial charge in [0.1, 0.15) is 11.6 Å². The maximum absolute atomic E-state index is 13.3. The molecule has 0 amide bonds. The molecule has 0 fully saturated rings. The lowest BCUT2D eigenvalue weighted by Crippen LogP contribution is -2.06. The average molecular weight is 362 g/mol. The Labute approximate surface area is 123 Å².